The zero-order valence-corrected chi connectivity index (χ0v) is 33.5. The average Bonchev–Trinajstić information content (AvgIpc) is 3.68. The van der Waals surface area contributed by atoms with Gasteiger partial charge in [0.25, 0.3) is 0 Å². The van der Waals surface area contributed by atoms with Crippen LogP contribution in [0.5, 0.6) is 5.75 Å². The number of phenolic OH excluding ortho intramolecular Hbond substituents is 1. The molecule has 19 nitrogen and oxygen atoms in total. The number of aliphatic hydroxyl groups excluding tert-OH is 1. The molecule has 11 N–H and O–H groups in total. The molecule has 1 fully saturated rings. The lowest BCUT2D eigenvalue weighted by atomic mass is 9.96. The van der Waals surface area contributed by atoms with Gasteiger partial charge >= 0.3 is 5.97 Å². The number of hydrogen-bond donors (Lipinski definition) is 10. The maximum atomic E-state index is 14.0. The molecule has 1 saturated heterocycles. The number of rotatable bonds is 22. The van der Waals surface area contributed by atoms with Crippen LogP contribution in [-0.4, -0.2) is 130 Å². The second-order valence-corrected chi connectivity index (χ2v) is 14.8. The summed E-state index contributed by atoms with van der Waals surface area (Å²) in [6.45, 7) is 8.48. The van der Waals surface area contributed by atoms with Gasteiger partial charge in [-0.3, -0.25) is 38.4 Å². The molecule has 1 aromatic carbocycles. The van der Waals surface area contributed by atoms with Gasteiger partial charge < -0.3 is 57.9 Å². The standard InChI is InChI=1S/C38H60N8O11/c1-7-21(5)30(39)35(54)42-25(16-23-11-13-24(48)14-12-23)38(57)46-15-9-10-27(46)34(53)43-26(19-47)33(52)40-17-28(49)44-31(20(3)4)37(56)45-32(22(6)8-2)36(55)41-18-29(50)51/h11-14,20-22,25-27,30-32,47-48H,7-10,15-19,39H2,1-6H3,(H,40,52)(H,41,55)(H,42,54)(H,43,53)(H,44,49)(H,45,56)(H,50,51)/t21-,22-,25-,26-,27-,30-,31-,32-/m0/s1. The maximum Gasteiger partial charge on any atom is 0.322 e. The van der Waals surface area contributed by atoms with E-state index >= 15 is 0 Å². The molecule has 1 aromatic rings. The summed E-state index contributed by atoms with van der Waals surface area (Å²) < 4.78 is 0. The lowest BCUT2D eigenvalue weighted by molar-refractivity contribution is -0.142. The van der Waals surface area contributed by atoms with Crippen LogP contribution in [0.4, 0.5) is 0 Å². The number of hydrogen-bond acceptors (Lipinski definition) is 11. The molecule has 57 heavy (non-hydrogen) atoms. The third-order valence-electron chi connectivity index (χ3n) is 10.1. The number of aromatic hydroxyl groups is 1. The second-order valence-electron chi connectivity index (χ2n) is 14.8. The molecule has 0 saturated carbocycles. The molecule has 2 rings (SSSR count). The van der Waals surface area contributed by atoms with Crippen LogP contribution in [0.25, 0.3) is 0 Å². The Balaban J connectivity index is 2.10. The summed E-state index contributed by atoms with van der Waals surface area (Å²) in [6.07, 6.45) is 1.79. The van der Waals surface area contributed by atoms with E-state index < -0.39 is 109 Å². The number of phenols is 1. The van der Waals surface area contributed by atoms with Crippen molar-refractivity contribution in [2.45, 2.75) is 110 Å². The van der Waals surface area contributed by atoms with Crippen molar-refractivity contribution in [2.75, 3.05) is 26.2 Å². The largest absolute Gasteiger partial charge is 0.508 e. The number of aliphatic carboxylic acids is 1. The van der Waals surface area contributed by atoms with Crippen molar-refractivity contribution in [3.63, 3.8) is 0 Å². The van der Waals surface area contributed by atoms with Crippen LogP contribution in [0, 0.1) is 17.8 Å². The lowest BCUT2D eigenvalue weighted by Crippen LogP contribution is -2.59. The van der Waals surface area contributed by atoms with Gasteiger partial charge in [-0.1, -0.05) is 66.5 Å². The molecule has 0 spiro atoms. The molecule has 1 aliphatic rings. The summed E-state index contributed by atoms with van der Waals surface area (Å²) in [5.41, 5.74) is 6.77. The minimum absolute atomic E-state index is 0.0150. The number of nitrogens with zero attached hydrogens (tertiary/aromatic N) is 1. The van der Waals surface area contributed by atoms with Gasteiger partial charge in [0.05, 0.1) is 19.2 Å². The Morgan fingerprint density at radius 1 is 0.772 bits per heavy atom. The summed E-state index contributed by atoms with van der Waals surface area (Å²) in [5.74, 6) is -7.26. The Hall–Kier alpha value is -5.30. The van der Waals surface area contributed by atoms with E-state index in [2.05, 4.69) is 31.9 Å². The minimum Gasteiger partial charge on any atom is -0.508 e. The van der Waals surface area contributed by atoms with E-state index in [9.17, 15) is 48.6 Å². The van der Waals surface area contributed by atoms with Gasteiger partial charge in [-0.15, -0.1) is 0 Å². The molecule has 1 heterocycles. The van der Waals surface area contributed by atoms with Crippen LogP contribution in [-0.2, 0) is 44.8 Å². The van der Waals surface area contributed by atoms with Gasteiger partial charge in [-0.25, -0.2) is 0 Å². The van der Waals surface area contributed by atoms with Crippen molar-refractivity contribution >= 4 is 47.3 Å². The highest BCUT2D eigenvalue weighted by atomic mass is 16.4. The highest BCUT2D eigenvalue weighted by Crippen LogP contribution is 2.21. The number of carbonyl (C=O) groups is 8. The Labute approximate surface area is 332 Å². The molecule has 8 atom stereocenters. The molecule has 318 valence electrons. The topological polar surface area (TPSA) is 299 Å². The number of aliphatic hydroxyl groups is 1. The number of benzene rings is 1. The van der Waals surface area contributed by atoms with E-state index in [1.807, 2.05) is 13.8 Å². The molecule has 0 aliphatic carbocycles. The number of nitrogens with one attached hydrogen (secondary N) is 6. The van der Waals surface area contributed by atoms with Crippen molar-refractivity contribution in [1.29, 1.82) is 0 Å². The smallest absolute Gasteiger partial charge is 0.322 e. The zero-order chi connectivity index (χ0) is 43.0. The average molecular weight is 805 g/mol. The van der Waals surface area contributed by atoms with E-state index in [1.54, 1.807) is 39.8 Å². The van der Waals surface area contributed by atoms with E-state index in [0.29, 0.717) is 24.8 Å². The Morgan fingerprint density at radius 2 is 1.39 bits per heavy atom. The van der Waals surface area contributed by atoms with Crippen LogP contribution in [0.15, 0.2) is 24.3 Å². The summed E-state index contributed by atoms with van der Waals surface area (Å²) in [6, 6.07) is -0.737. The summed E-state index contributed by atoms with van der Waals surface area (Å²) in [4.78, 5) is 105. The molecular formula is C38H60N8O11. The fourth-order valence-corrected chi connectivity index (χ4v) is 6.08. The molecule has 7 amide bonds. The summed E-state index contributed by atoms with van der Waals surface area (Å²) in [5, 5.41) is 43.5. The van der Waals surface area contributed by atoms with Crippen LogP contribution in [0.3, 0.4) is 0 Å². The fraction of sp³-hybridized carbons (Fsp3) is 0.632. The fourth-order valence-electron chi connectivity index (χ4n) is 6.08. The van der Waals surface area contributed by atoms with Gasteiger partial charge in [0, 0.05) is 13.0 Å². The minimum atomic E-state index is -1.52. The normalized spacial score (nSPS) is 17.5. The van der Waals surface area contributed by atoms with Crippen molar-refractivity contribution < 1.29 is 53.7 Å². The third-order valence-corrected chi connectivity index (χ3v) is 10.1. The number of amides is 7. The number of likely N-dealkylation sites (tertiary alicyclic amines) is 1. The van der Waals surface area contributed by atoms with E-state index in [4.69, 9.17) is 10.8 Å². The Kier molecular flexibility index (Phi) is 19.4. The number of carboxylic acids is 1. The highest BCUT2D eigenvalue weighted by Gasteiger charge is 2.40. The Morgan fingerprint density at radius 3 is 1.95 bits per heavy atom. The number of carboxylic acid groups (broad SMARTS) is 1. The first kappa shape index (κ1) is 47.9. The summed E-state index contributed by atoms with van der Waals surface area (Å²) >= 11 is 0. The first-order valence-electron chi connectivity index (χ1n) is 19.3. The first-order chi connectivity index (χ1) is 26.8. The van der Waals surface area contributed by atoms with E-state index in [1.165, 1.54) is 17.0 Å². The van der Waals surface area contributed by atoms with Gasteiger partial charge in [-0.05, 0) is 48.3 Å². The van der Waals surface area contributed by atoms with Crippen LogP contribution in [0.2, 0.25) is 0 Å². The third kappa shape index (κ3) is 14.6. The van der Waals surface area contributed by atoms with Crippen LogP contribution >= 0.6 is 0 Å². The van der Waals surface area contributed by atoms with E-state index in [0.717, 1.165) is 0 Å². The molecule has 0 aromatic heterocycles. The second kappa shape index (κ2) is 23.1. The Bertz CT molecular complexity index is 1570. The molecule has 0 bridgehead atoms. The number of nitrogens with two attached hydrogens (primary N) is 1. The van der Waals surface area contributed by atoms with Gasteiger partial charge in [0.2, 0.25) is 41.4 Å². The van der Waals surface area contributed by atoms with Gasteiger partial charge in [0.15, 0.2) is 0 Å². The van der Waals surface area contributed by atoms with Crippen molar-refractivity contribution in [3.8, 4) is 5.75 Å². The highest BCUT2D eigenvalue weighted by molar-refractivity contribution is 5.97. The monoisotopic (exact) mass is 804 g/mol. The van der Waals surface area contributed by atoms with Gasteiger partial charge in [0.1, 0.15) is 42.5 Å². The van der Waals surface area contributed by atoms with Crippen molar-refractivity contribution in [2.24, 2.45) is 23.5 Å². The molecule has 0 radical (unpaired) electrons. The molecular weight excluding hydrogens is 744 g/mol. The van der Waals surface area contributed by atoms with Crippen LogP contribution < -0.4 is 37.6 Å². The zero-order valence-electron chi connectivity index (χ0n) is 33.5. The maximum absolute atomic E-state index is 14.0. The first-order valence-corrected chi connectivity index (χ1v) is 19.3. The molecule has 0 unspecified atom stereocenters. The molecule has 19 heteroatoms. The SMILES string of the molecule is CC[C@H](C)[C@H](N)C(=O)N[C@@H](Cc1ccc(O)cc1)C(=O)N1CCC[C@H]1C(=O)N[C@@H](CO)C(=O)NCC(=O)N[C@H](C(=O)N[C@H](C(=O)NCC(=O)O)[C@@H](C)CC)C(C)C. The lowest BCUT2D eigenvalue weighted by Gasteiger charge is -2.30. The quantitative estimate of drug-likeness (QED) is 0.0625. The predicted octanol–water partition coefficient (Wildman–Crippen LogP) is -1.75. The van der Waals surface area contributed by atoms with Crippen molar-refractivity contribution in [1.82, 2.24) is 36.8 Å². The molecule has 1 aliphatic heterocycles. The van der Waals surface area contributed by atoms with Crippen molar-refractivity contribution in [3.05, 3.63) is 29.8 Å². The van der Waals surface area contributed by atoms with Crippen LogP contribution in [0.1, 0.15) is 72.8 Å². The predicted molar refractivity (Wildman–Crippen MR) is 207 cm³/mol. The van der Waals surface area contributed by atoms with Gasteiger partial charge in [-0.2, -0.15) is 0 Å². The van der Waals surface area contributed by atoms with E-state index in [-0.39, 0.29) is 37.0 Å². The summed E-state index contributed by atoms with van der Waals surface area (Å²) in [7, 11) is 0. The number of carbonyl (C=O) groups excluding carboxylic acids is 7.